The minimum atomic E-state index is 0.884. The highest BCUT2D eigenvalue weighted by Gasteiger charge is 2.03. The molecule has 0 fully saturated rings. The van der Waals surface area contributed by atoms with Gasteiger partial charge < -0.3 is 9.47 Å². The summed E-state index contributed by atoms with van der Waals surface area (Å²) in [6, 6.07) is 21.2. The fourth-order valence-electron chi connectivity index (χ4n) is 2.96. The van der Waals surface area contributed by atoms with Crippen molar-refractivity contribution in [2.24, 2.45) is 0 Å². The van der Waals surface area contributed by atoms with Gasteiger partial charge in [0.05, 0.1) is 14.2 Å². The van der Waals surface area contributed by atoms with Crippen LogP contribution in [0.2, 0.25) is 0 Å². The maximum absolute atomic E-state index is 5.32. The molecule has 0 atom stereocenters. The van der Waals surface area contributed by atoms with Crippen molar-refractivity contribution in [1.29, 1.82) is 0 Å². The highest BCUT2D eigenvalue weighted by atomic mass is 16.5. The Bertz CT molecular complexity index is 924. The zero-order chi connectivity index (χ0) is 15.1. The lowest BCUT2D eigenvalue weighted by atomic mass is 9.99. The molecule has 108 valence electrons. The first-order chi connectivity index (χ1) is 10.8. The summed E-state index contributed by atoms with van der Waals surface area (Å²) in [7, 11) is 3.39. The van der Waals surface area contributed by atoms with E-state index in [9.17, 15) is 0 Å². The van der Waals surface area contributed by atoms with E-state index in [1.54, 1.807) is 14.2 Å². The third-order valence-electron chi connectivity index (χ3n) is 4.17. The predicted octanol–water partition coefficient (Wildman–Crippen LogP) is 5.16. The van der Waals surface area contributed by atoms with Crippen molar-refractivity contribution in [2.45, 2.75) is 0 Å². The molecule has 0 radical (unpaired) electrons. The molecule has 0 aliphatic carbocycles. The van der Waals surface area contributed by atoms with Crippen LogP contribution in [-0.2, 0) is 0 Å². The first-order valence-electron chi connectivity index (χ1n) is 7.26. The van der Waals surface area contributed by atoms with Crippen LogP contribution in [0.4, 0.5) is 0 Å². The zero-order valence-electron chi connectivity index (χ0n) is 12.6. The summed E-state index contributed by atoms with van der Waals surface area (Å²) in [5, 5.41) is 7.29. The normalized spacial score (nSPS) is 11.2. The Kier molecular flexibility index (Phi) is 2.90. The lowest BCUT2D eigenvalue weighted by molar-refractivity contribution is 0.415. The minimum Gasteiger partial charge on any atom is -0.497 e. The van der Waals surface area contributed by atoms with Gasteiger partial charge in [-0.15, -0.1) is 0 Å². The highest BCUT2D eigenvalue weighted by Crippen LogP contribution is 2.30. The summed E-state index contributed by atoms with van der Waals surface area (Å²) in [6.45, 7) is 0. The van der Waals surface area contributed by atoms with E-state index in [1.165, 1.54) is 32.3 Å². The Balaban J connectivity index is 2.02. The lowest BCUT2D eigenvalue weighted by Crippen LogP contribution is -1.84. The molecule has 0 saturated heterocycles. The zero-order valence-corrected chi connectivity index (χ0v) is 12.6. The quantitative estimate of drug-likeness (QED) is 0.474. The van der Waals surface area contributed by atoms with Crippen LogP contribution in [0.15, 0.2) is 60.7 Å². The molecule has 0 bridgehead atoms. The predicted molar refractivity (Wildman–Crippen MR) is 92.1 cm³/mol. The van der Waals surface area contributed by atoms with Crippen molar-refractivity contribution in [3.63, 3.8) is 0 Å². The maximum atomic E-state index is 5.32. The molecule has 0 amide bonds. The molecule has 2 heteroatoms. The van der Waals surface area contributed by atoms with Crippen molar-refractivity contribution in [3.8, 4) is 11.5 Å². The Morgan fingerprint density at radius 3 is 1.23 bits per heavy atom. The topological polar surface area (TPSA) is 18.5 Å². The average Bonchev–Trinajstić information content (AvgIpc) is 2.57. The van der Waals surface area contributed by atoms with Gasteiger partial charge >= 0.3 is 0 Å². The van der Waals surface area contributed by atoms with Crippen LogP contribution >= 0.6 is 0 Å². The number of hydrogen-bond acceptors (Lipinski definition) is 2. The molecule has 4 rings (SSSR count). The van der Waals surface area contributed by atoms with Gasteiger partial charge in [-0.1, -0.05) is 12.1 Å². The summed E-state index contributed by atoms with van der Waals surface area (Å²) in [5.74, 6) is 1.77. The summed E-state index contributed by atoms with van der Waals surface area (Å²) in [4.78, 5) is 0. The molecule has 0 aliphatic heterocycles. The second kappa shape index (κ2) is 4.92. The molecule has 0 saturated carbocycles. The van der Waals surface area contributed by atoms with E-state index >= 15 is 0 Å². The number of fused-ring (bicyclic) bond motifs is 3. The molecule has 4 aromatic carbocycles. The minimum absolute atomic E-state index is 0.884. The largest absolute Gasteiger partial charge is 0.497 e. The summed E-state index contributed by atoms with van der Waals surface area (Å²) in [6.07, 6.45) is 0. The number of rotatable bonds is 2. The summed E-state index contributed by atoms with van der Waals surface area (Å²) < 4.78 is 10.6. The highest BCUT2D eigenvalue weighted by molar-refractivity contribution is 6.05. The van der Waals surface area contributed by atoms with Gasteiger partial charge in [-0.25, -0.2) is 0 Å². The van der Waals surface area contributed by atoms with Gasteiger partial charge in [-0.2, -0.15) is 0 Å². The van der Waals surface area contributed by atoms with Gasteiger partial charge in [-0.3, -0.25) is 0 Å². The SMILES string of the molecule is COc1ccc2cc3cc4ccc(OC)cc4cc3cc2c1. The third-order valence-corrected chi connectivity index (χ3v) is 4.17. The number of hydrogen-bond donors (Lipinski definition) is 0. The van der Waals surface area contributed by atoms with E-state index in [0.29, 0.717) is 0 Å². The van der Waals surface area contributed by atoms with E-state index in [4.69, 9.17) is 9.47 Å². The van der Waals surface area contributed by atoms with E-state index in [0.717, 1.165) is 11.5 Å². The van der Waals surface area contributed by atoms with Gasteiger partial charge in [0.2, 0.25) is 0 Å². The van der Waals surface area contributed by atoms with Crippen LogP contribution in [0.5, 0.6) is 11.5 Å². The number of ether oxygens (including phenoxy) is 2. The maximum Gasteiger partial charge on any atom is 0.119 e. The van der Waals surface area contributed by atoms with Gasteiger partial charge in [0, 0.05) is 0 Å². The Labute approximate surface area is 128 Å². The Hall–Kier alpha value is -2.74. The monoisotopic (exact) mass is 288 g/mol. The Morgan fingerprint density at radius 1 is 0.455 bits per heavy atom. The summed E-state index contributed by atoms with van der Waals surface area (Å²) >= 11 is 0. The van der Waals surface area contributed by atoms with Gasteiger partial charge in [0.1, 0.15) is 11.5 Å². The second-order valence-electron chi connectivity index (χ2n) is 5.48. The van der Waals surface area contributed by atoms with Gasteiger partial charge in [-0.05, 0) is 80.8 Å². The average molecular weight is 288 g/mol. The Morgan fingerprint density at radius 2 is 0.818 bits per heavy atom. The van der Waals surface area contributed by atoms with Crippen LogP contribution in [0.1, 0.15) is 0 Å². The first kappa shape index (κ1) is 13.0. The van der Waals surface area contributed by atoms with Crippen LogP contribution < -0.4 is 9.47 Å². The molecule has 0 aliphatic rings. The van der Waals surface area contributed by atoms with Crippen LogP contribution in [-0.4, -0.2) is 14.2 Å². The first-order valence-corrected chi connectivity index (χ1v) is 7.26. The van der Waals surface area contributed by atoms with Crippen LogP contribution in [0, 0.1) is 0 Å². The third kappa shape index (κ3) is 2.04. The molecular weight excluding hydrogens is 272 g/mol. The lowest BCUT2D eigenvalue weighted by Gasteiger charge is -2.08. The van der Waals surface area contributed by atoms with Crippen molar-refractivity contribution >= 4 is 32.3 Å². The molecule has 0 spiro atoms. The fourth-order valence-corrected chi connectivity index (χ4v) is 2.96. The summed E-state index contributed by atoms with van der Waals surface area (Å²) in [5.41, 5.74) is 0. The number of benzene rings is 4. The molecule has 0 aromatic heterocycles. The van der Waals surface area contributed by atoms with Crippen molar-refractivity contribution in [2.75, 3.05) is 14.2 Å². The van der Waals surface area contributed by atoms with Crippen LogP contribution in [0.3, 0.4) is 0 Å². The molecule has 22 heavy (non-hydrogen) atoms. The molecule has 0 unspecified atom stereocenters. The van der Waals surface area contributed by atoms with Crippen molar-refractivity contribution in [1.82, 2.24) is 0 Å². The molecule has 0 heterocycles. The molecular formula is C20H16O2. The second-order valence-corrected chi connectivity index (χ2v) is 5.48. The fraction of sp³-hybridized carbons (Fsp3) is 0.100. The van der Waals surface area contributed by atoms with E-state index in [-0.39, 0.29) is 0 Å². The van der Waals surface area contributed by atoms with Crippen molar-refractivity contribution < 1.29 is 9.47 Å². The molecule has 4 aromatic rings. The molecule has 2 nitrogen and oxygen atoms in total. The number of methoxy groups -OCH3 is 2. The van der Waals surface area contributed by atoms with Gasteiger partial charge in [0.15, 0.2) is 0 Å². The van der Waals surface area contributed by atoms with Crippen LogP contribution in [0.25, 0.3) is 32.3 Å². The standard InChI is InChI=1S/C20H16O2/c1-21-19-5-3-13-7-15-8-14-4-6-20(22-2)12-18(14)10-16(15)9-17(13)11-19/h3-12H,1-2H3. The van der Waals surface area contributed by atoms with E-state index < -0.39 is 0 Å². The van der Waals surface area contributed by atoms with E-state index in [2.05, 4.69) is 48.5 Å². The van der Waals surface area contributed by atoms with Gasteiger partial charge in [0.25, 0.3) is 0 Å². The molecule has 0 N–H and O–H groups in total. The smallest absolute Gasteiger partial charge is 0.119 e. The van der Waals surface area contributed by atoms with Crippen molar-refractivity contribution in [3.05, 3.63) is 60.7 Å². The van der Waals surface area contributed by atoms with E-state index in [1.807, 2.05) is 12.1 Å².